The van der Waals surface area contributed by atoms with Crippen molar-refractivity contribution < 1.29 is 52.0 Å². The summed E-state index contributed by atoms with van der Waals surface area (Å²) >= 11 is 0. The van der Waals surface area contributed by atoms with Gasteiger partial charge in [0.05, 0.1) is 0 Å². The first-order valence-corrected chi connectivity index (χ1v) is 2.75. The van der Waals surface area contributed by atoms with E-state index in [1.54, 1.807) is 0 Å². The second-order valence-corrected chi connectivity index (χ2v) is 1.63. The second-order valence-electron chi connectivity index (χ2n) is 0.730. The quantitative estimate of drug-likeness (QED) is 0.275. The van der Waals surface area contributed by atoms with Gasteiger partial charge in [0, 0.05) is 0 Å². The second kappa shape index (κ2) is 23.9. The Morgan fingerprint density at radius 1 is 0.929 bits per heavy atom. The van der Waals surface area contributed by atoms with Crippen molar-refractivity contribution in [2.24, 2.45) is 0 Å². The van der Waals surface area contributed by atoms with Gasteiger partial charge in [0.2, 0.25) is 0 Å². The van der Waals surface area contributed by atoms with Gasteiger partial charge in [-0.3, -0.25) is 9.11 Å². The molecule has 0 amide bonds. The van der Waals surface area contributed by atoms with Crippen LogP contribution in [0.3, 0.4) is 0 Å². The molecular weight excluding hydrogens is 261 g/mol. The number of hydrogen-bond donors (Lipinski definition) is 4. The van der Waals surface area contributed by atoms with E-state index in [4.69, 9.17) is 32.5 Å². The number of carbonyl (C=O) groups is 1. The Kier molecular flexibility index (Phi) is 77.3. The molecule has 9 nitrogen and oxygen atoms in total. The van der Waals surface area contributed by atoms with Crippen LogP contribution >= 0.6 is 0 Å². The monoisotopic (exact) mass is 274 g/mol. The molecule has 0 rings (SSSR count). The molecule has 14 heavy (non-hydrogen) atoms. The fourth-order valence-corrected chi connectivity index (χ4v) is 0. The Balaban J connectivity index is -0.00000000289. The average molecular weight is 275 g/mol. The summed E-state index contributed by atoms with van der Waals surface area (Å²) in [4.78, 5) is 8.56. The van der Waals surface area contributed by atoms with E-state index in [1.807, 2.05) is 0 Å². The van der Waals surface area contributed by atoms with Crippen molar-refractivity contribution in [3.63, 3.8) is 0 Å². The molecule has 0 heterocycles. The van der Waals surface area contributed by atoms with E-state index in [0.717, 1.165) is 0 Å². The molecule has 0 aliphatic heterocycles. The summed E-state index contributed by atoms with van der Waals surface area (Å²) in [6, 6.07) is 0. The van der Waals surface area contributed by atoms with Gasteiger partial charge in [-0.05, 0) is 0 Å². The van der Waals surface area contributed by atoms with Gasteiger partial charge >= 0.3 is 85.7 Å². The van der Waals surface area contributed by atoms with Gasteiger partial charge in [0.15, 0.2) is 0 Å². The molecule has 13 heteroatoms. The Labute approximate surface area is 137 Å². The van der Waals surface area contributed by atoms with Crippen molar-refractivity contribution in [1.29, 1.82) is 0 Å². The molecule has 0 fully saturated rings. The van der Waals surface area contributed by atoms with Gasteiger partial charge in [-0.2, -0.15) is 8.42 Å². The molecule has 0 saturated carbocycles. The fourth-order valence-electron chi connectivity index (χ4n) is 0. The van der Waals surface area contributed by atoms with Crippen LogP contribution in [-0.2, 0) is 10.4 Å². The van der Waals surface area contributed by atoms with Gasteiger partial charge in [-0.15, -0.1) is 0 Å². The van der Waals surface area contributed by atoms with Gasteiger partial charge < -0.3 is 29.7 Å². The molecule has 8 N–H and O–H groups in total. The first-order valence-electron chi connectivity index (χ1n) is 1.35. The molecule has 0 aromatic heterocycles. The molecule has 84 valence electrons. The van der Waals surface area contributed by atoms with Crippen LogP contribution in [0.5, 0.6) is 0 Å². The predicted molar refractivity (Wildman–Crippen MR) is 56.0 cm³/mol. The van der Waals surface area contributed by atoms with Crippen LogP contribution in [0.4, 0.5) is 4.79 Å². The third-order valence-electron chi connectivity index (χ3n) is 0. The summed E-state index contributed by atoms with van der Waals surface area (Å²) in [6.45, 7) is 0. The van der Waals surface area contributed by atoms with Gasteiger partial charge in [-0.25, -0.2) is 4.79 Å². The van der Waals surface area contributed by atoms with Crippen LogP contribution in [0, 0.1) is 0 Å². The summed E-state index contributed by atoms with van der Waals surface area (Å²) in [6.07, 6.45) is -1.83. The number of rotatable bonds is 0. The minimum absolute atomic E-state index is 0. The molecule has 0 aromatic rings. The van der Waals surface area contributed by atoms with Crippen molar-refractivity contribution in [2.45, 2.75) is 0 Å². The molecular formula is CH14Mg3O9S. The van der Waals surface area contributed by atoms with Crippen molar-refractivity contribution in [3.8, 4) is 0 Å². The first-order chi connectivity index (χ1) is 3.73. The zero-order chi connectivity index (χ0) is 8.08. The van der Waals surface area contributed by atoms with E-state index in [2.05, 4.69) is 0 Å². The maximum absolute atomic E-state index is 8.74. The molecule has 0 atom stereocenters. The van der Waals surface area contributed by atoms with E-state index >= 15 is 0 Å². The largest absolute Gasteiger partial charge is 2.00 e. The molecule has 0 bridgehead atoms. The van der Waals surface area contributed by atoms with Crippen molar-refractivity contribution in [1.82, 2.24) is 0 Å². The zero-order valence-corrected chi connectivity index (χ0v) is 12.1. The van der Waals surface area contributed by atoms with Gasteiger partial charge in [0.25, 0.3) is 0 Å². The molecule has 0 saturated heterocycles. The maximum Gasteiger partial charge on any atom is 2.00 e. The Hall–Kier alpha value is 1.36. The number of hydrogen-bond acceptors (Lipinski definition) is 3. The van der Waals surface area contributed by atoms with E-state index in [-0.39, 0.29) is 88.7 Å². The fraction of sp³-hybridized carbons (Fsp3) is 0. The third kappa shape index (κ3) is 1110. The van der Waals surface area contributed by atoms with E-state index < -0.39 is 16.6 Å². The minimum atomic E-state index is -4.67. The summed E-state index contributed by atoms with van der Waals surface area (Å²) in [7, 11) is -4.67. The normalized spacial score (nSPS) is 5.86. The molecule has 0 aromatic carbocycles. The maximum atomic E-state index is 8.74. The topological polar surface area (TPSA) is 195 Å². The van der Waals surface area contributed by atoms with Crippen LogP contribution in [0.15, 0.2) is 0 Å². The summed E-state index contributed by atoms with van der Waals surface area (Å²) in [5.41, 5.74) is 0. The molecule has 0 radical (unpaired) electrons. The smallest absolute Gasteiger partial charge is 1.00 e. The van der Waals surface area contributed by atoms with Crippen LogP contribution in [0.25, 0.3) is 0 Å². The van der Waals surface area contributed by atoms with Crippen LogP contribution in [0.2, 0.25) is 0 Å². The summed E-state index contributed by atoms with van der Waals surface area (Å²) in [5, 5.41) is 13.9. The summed E-state index contributed by atoms with van der Waals surface area (Å²) < 4.78 is 31.6. The Morgan fingerprint density at radius 3 is 0.929 bits per heavy atom. The third-order valence-corrected chi connectivity index (χ3v) is 0. The molecule has 0 aliphatic rings. The van der Waals surface area contributed by atoms with Gasteiger partial charge in [0.1, 0.15) is 0 Å². The van der Waals surface area contributed by atoms with Crippen LogP contribution < -0.4 is 0 Å². The van der Waals surface area contributed by atoms with Crippen molar-refractivity contribution in [3.05, 3.63) is 0 Å². The van der Waals surface area contributed by atoms with Crippen LogP contribution in [-0.4, -0.2) is 114 Å². The summed E-state index contributed by atoms with van der Waals surface area (Å²) in [5.74, 6) is 0. The van der Waals surface area contributed by atoms with E-state index in [9.17, 15) is 0 Å². The molecule has 0 unspecified atom stereocenters. The Bertz CT molecular complexity index is 180. The predicted octanol–water partition coefficient (Wildman–Crippen LogP) is -2.55. The first kappa shape index (κ1) is 45.3. The van der Waals surface area contributed by atoms with Gasteiger partial charge in [-0.1, -0.05) is 0 Å². The van der Waals surface area contributed by atoms with Crippen molar-refractivity contribution >= 4 is 85.7 Å². The molecule has 0 spiro atoms. The van der Waals surface area contributed by atoms with E-state index in [1.165, 1.54) is 0 Å². The molecule has 0 aliphatic carbocycles. The zero-order valence-electron chi connectivity index (χ0n) is 13.0. The SMILES string of the molecule is O.O.O=C(O)O.O=S(=O)(O)O.[H-].[H-].[H-].[H-].[H-].[H-].[Mg+2].[Mg+2].[Mg+2]. The van der Waals surface area contributed by atoms with E-state index in [0.29, 0.717) is 0 Å². The van der Waals surface area contributed by atoms with Crippen molar-refractivity contribution in [2.75, 3.05) is 0 Å². The minimum Gasteiger partial charge on any atom is -1.00 e. The Morgan fingerprint density at radius 2 is 0.929 bits per heavy atom. The van der Waals surface area contributed by atoms with Crippen LogP contribution in [0.1, 0.15) is 8.56 Å². The standard InChI is InChI=1S/CH2O3.3Mg.H2O4S.2H2O.6H/c2-1(3)4;;;;1-5(2,3)4;;;;;;;;/h(H2,2,3,4);;;;(H2,1,2,3,4);2*1H2;;;;;;/q;3*+2;;;;6*-1. The number of carboxylic acid groups (broad SMARTS) is 2. The average Bonchev–Trinajstić information content (AvgIpc) is 1.19.